The van der Waals surface area contributed by atoms with Crippen LogP contribution in [0.2, 0.25) is 0 Å². The smallest absolute Gasteiger partial charge is 0.115 e. The number of methoxy groups -OCH3 is 2. The van der Waals surface area contributed by atoms with Crippen molar-refractivity contribution in [3.8, 4) is 5.75 Å². The first-order chi connectivity index (χ1) is 7.76. The highest BCUT2D eigenvalue weighted by atomic mass is 16.5. The molecule has 1 unspecified atom stereocenters. The molecule has 0 fully saturated rings. The van der Waals surface area contributed by atoms with Crippen LogP contribution in [0, 0.1) is 0 Å². The fraction of sp³-hybridized carbons (Fsp3) is 0.500. The van der Waals surface area contributed by atoms with E-state index >= 15 is 0 Å². The summed E-state index contributed by atoms with van der Waals surface area (Å²) in [7, 11) is 3.33. The molecule has 90 valence electrons. The molecular weight excluding hydrogens is 206 g/mol. The fourth-order valence-electron chi connectivity index (χ4n) is 1.39. The molecule has 0 aliphatic carbocycles. The number of phenols is 1. The Hall–Kier alpha value is -1.10. The molecule has 0 aliphatic rings. The third-order valence-electron chi connectivity index (χ3n) is 2.32. The van der Waals surface area contributed by atoms with Gasteiger partial charge in [-0.1, -0.05) is 12.1 Å². The number of aromatic hydroxyl groups is 1. The SMILES string of the molecule is COCC(CNCc1ccc(O)cc1)OC. The van der Waals surface area contributed by atoms with E-state index in [4.69, 9.17) is 14.6 Å². The van der Waals surface area contributed by atoms with E-state index in [1.165, 1.54) is 0 Å². The molecule has 0 amide bonds. The van der Waals surface area contributed by atoms with Crippen molar-refractivity contribution in [3.05, 3.63) is 29.8 Å². The Kier molecular flexibility index (Phi) is 5.85. The molecule has 1 aromatic carbocycles. The standard InChI is InChI=1S/C12H19NO3/c1-15-9-12(16-2)8-13-7-10-3-5-11(14)6-4-10/h3-6,12-14H,7-9H2,1-2H3. The number of ether oxygens (including phenoxy) is 2. The largest absolute Gasteiger partial charge is 0.508 e. The van der Waals surface area contributed by atoms with Crippen LogP contribution in [0.4, 0.5) is 0 Å². The van der Waals surface area contributed by atoms with Gasteiger partial charge in [-0.15, -0.1) is 0 Å². The molecule has 0 saturated heterocycles. The van der Waals surface area contributed by atoms with E-state index in [1.807, 2.05) is 12.1 Å². The maximum absolute atomic E-state index is 9.12. The predicted molar refractivity (Wildman–Crippen MR) is 62.5 cm³/mol. The molecule has 1 atom stereocenters. The second-order valence-electron chi connectivity index (χ2n) is 3.61. The summed E-state index contributed by atoms with van der Waals surface area (Å²) in [5.41, 5.74) is 1.13. The minimum absolute atomic E-state index is 0.0714. The molecule has 16 heavy (non-hydrogen) atoms. The molecular formula is C12H19NO3. The van der Waals surface area contributed by atoms with E-state index in [0.29, 0.717) is 6.61 Å². The quantitative estimate of drug-likeness (QED) is 0.730. The monoisotopic (exact) mass is 225 g/mol. The van der Waals surface area contributed by atoms with Gasteiger partial charge in [0.05, 0.1) is 12.7 Å². The van der Waals surface area contributed by atoms with Crippen LogP contribution in [0.1, 0.15) is 5.56 Å². The van der Waals surface area contributed by atoms with Gasteiger partial charge in [0.15, 0.2) is 0 Å². The molecule has 0 saturated carbocycles. The molecule has 1 rings (SSSR count). The lowest BCUT2D eigenvalue weighted by Gasteiger charge is -2.14. The van der Waals surface area contributed by atoms with E-state index in [1.54, 1.807) is 26.4 Å². The van der Waals surface area contributed by atoms with Gasteiger partial charge in [-0.3, -0.25) is 0 Å². The topological polar surface area (TPSA) is 50.7 Å². The van der Waals surface area contributed by atoms with Gasteiger partial charge in [-0.25, -0.2) is 0 Å². The van der Waals surface area contributed by atoms with Gasteiger partial charge in [-0.05, 0) is 17.7 Å². The van der Waals surface area contributed by atoms with Gasteiger partial charge in [-0.2, -0.15) is 0 Å². The number of rotatable bonds is 7. The normalized spacial score (nSPS) is 12.6. The van der Waals surface area contributed by atoms with Crippen LogP contribution in [0.25, 0.3) is 0 Å². The Morgan fingerprint density at radius 3 is 2.50 bits per heavy atom. The first kappa shape index (κ1) is 13.0. The summed E-state index contributed by atoms with van der Waals surface area (Å²) in [6.45, 7) is 2.08. The van der Waals surface area contributed by atoms with E-state index in [2.05, 4.69) is 5.32 Å². The third-order valence-corrected chi connectivity index (χ3v) is 2.32. The van der Waals surface area contributed by atoms with Gasteiger partial charge in [0, 0.05) is 27.3 Å². The summed E-state index contributed by atoms with van der Waals surface area (Å²) < 4.78 is 10.2. The van der Waals surface area contributed by atoms with Gasteiger partial charge >= 0.3 is 0 Å². The zero-order chi connectivity index (χ0) is 11.8. The average molecular weight is 225 g/mol. The number of hydrogen-bond acceptors (Lipinski definition) is 4. The highest BCUT2D eigenvalue weighted by Crippen LogP contribution is 2.09. The zero-order valence-electron chi connectivity index (χ0n) is 9.77. The first-order valence-electron chi connectivity index (χ1n) is 5.26. The van der Waals surface area contributed by atoms with Crippen LogP contribution < -0.4 is 5.32 Å². The zero-order valence-corrected chi connectivity index (χ0v) is 9.77. The van der Waals surface area contributed by atoms with Gasteiger partial charge in [0.25, 0.3) is 0 Å². The van der Waals surface area contributed by atoms with Crippen LogP contribution in [0.3, 0.4) is 0 Å². The summed E-state index contributed by atoms with van der Waals surface area (Å²) in [6.07, 6.45) is 0.0714. The van der Waals surface area contributed by atoms with Crippen LogP contribution >= 0.6 is 0 Å². The summed E-state index contributed by atoms with van der Waals surface area (Å²) >= 11 is 0. The molecule has 0 aromatic heterocycles. The van der Waals surface area contributed by atoms with Crippen LogP contribution in [0.5, 0.6) is 5.75 Å². The van der Waals surface area contributed by atoms with Crippen molar-refractivity contribution in [3.63, 3.8) is 0 Å². The predicted octanol–water partition coefficient (Wildman–Crippen LogP) is 1.14. The lowest BCUT2D eigenvalue weighted by atomic mass is 10.2. The molecule has 0 spiro atoms. The highest BCUT2D eigenvalue weighted by Gasteiger charge is 2.05. The Morgan fingerprint density at radius 1 is 1.25 bits per heavy atom. The van der Waals surface area contributed by atoms with E-state index < -0.39 is 0 Å². The Bertz CT molecular complexity index is 287. The van der Waals surface area contributed by atoms with E-state index in [0.717, 1.165) is 18.7 Å². The summed E-state index contributed by atoms with van der Waals surface area (Å²) in [5.74, 6) is 0.290. The van der Waals surface area contributed by atoms with E-state index in [-0.39, 0.29) is 11.9 Å². The second-order valence-corrected chi connectivity index (χ2v) is 3.61. The van der Waals surface area contributed by atoms with Crippen molar-refractivity contribution < 1.29 is 14.6 Å². The molecule has 4 heteroatoms. The number of benzene rings is 1. The van der Waals surface area contributed by atoms with Gasteiger partial charge < -0.3 is 19.9 Å². The van der Waals surface area contributed by atoms with Gasteiger partial charge in [0.1, 0.15) is 5.75 Å². The van der Waals surface area contributed by atoms with Crippen molar-refractivity contribution in [2.24, 2.45) is 0 Å². The summed E-state index contributed by atoms with van der Waals surface area (Å²) in [4.78, 5) is 0. The van der Waals surface area contributed by atoms with Crippen LogP contribution in [0.15, 0.2) is 24.3 Å². The summed E-state index contributed by atoms with van der Waals surface area (Å²) in [6, 6.07) is 7.14. The molecule has 0 bridgehead atoms. The third kappa shape index (κ3) is 4.61. The number of phenolic OH excluding ortho intramolecular Hbond substituents is 1. The highest BCUT2D eigenvalue weighted by molar-refractivity contribution is 5.25. The Labute approximate surface area is 96.2 Å². The van der Waals surface area contributed by atoms with Crippen molar-refractivity contribution in [2.45, 2.75) is 12.6 Å². The lowest BCUT2D eigenvalue weighted by Crippen LogP contribution is -2.31. The van der Waals surface area contributed by atoms with E-state index in [9.17, 15) is 0 Å². The lowest BCUT2D eigenvalue weighted by molar-refractivity contribution is 0.0288. The minimum atomic E-state index is 0.0714. The second kappa shape index (κ2) is 7.22. The summed E-state index contributed by atoms with van der Waals surface area (Å²) in [5, 5.41) is 12.4. The minimum Gasteiger partial charge on any atom is -0.508 e. The molecule has 0 radical (unpaired) electrons. The van der Waals surface area contributed by atoms with Crippen molar-refractivity contribution in [2.75, 3.05) is 27.4 Å². The maximum Gasteiger partial charge on any atom is 0.115 e. The van der Waals surface area contributed by atoms with Crippen molar-refractivity contribution >= 4 is 0 Å². The number of hydrogen-bond donors (Lipinski definition) is 2. The molecule has 2 N–H and O–H groups in total. The Balaban J connectivity index is 2.26. The molecule has 0 aliphatic heterocycles. The maximum atomic E-state index is 9.12. The van der Waals surface area contributed by atoms with Gasteiger partial charge in [0.2, 0.25) is 0 Å². The first-order valence-corrected chi connectivity index (χ1v) is 5.26. The molecule has 1 aromatic rings. The fourth-order valence-corrected chi connectivity index (χ4v) is 1.39. The molecule has 0 heterocycles. The molecule has 4 nitrogen and oxygen atoms in total. The number of nitrogens with one attached hydrogen (secondary N) is 1. The van der Waals surface area contributed by atoms with Crippen molar-refractivity contribution in [1.29, 1.82) is 0 Å². The average Bonchev–Trinajstić information content (AvgIpc) is 2.30. The van der Waals surface area contributed by atoms with Crippen LogP contribution in [-0.4, -0.2) is 38.6 Å². The van der Waals surface area contributed by atoms with Crippen LogP contribution in [-0.2, 0) is 16.0 Å². The Morgan fingerprint density at radius 2 is 1.94 bits per heavy atom. The van der Waals surface area contributed by atoms with Crippen molar-refractivity contribution in [1.82, 2.24) is 5.32 Å².